The number of thioether (sulfide) groups is 1. The molecule has 0 aromatic heterocycles. The molecule has 0 radical (unpaired) electrons. The second-order valence-electron chi connectivity index (χ2n) is 5.07. The number of anilines is 1. The first-order valence-corrected chi connectivity index (χ1v) is 7.96. The molecule has 1 saturated heterocycles. The van der Waals surface area contributed by atoms with Crippen LogP contribution < -0.4 is 4.90 Å². The summed E-state index contributed by atoms with van der Waals surface area (Å²) in [5.74, 6) is 1.38. The largest absolute Gasteiger partial charge is 0.381 e. The summed E-state index contributed by atoms with van der Waals surface area (Å²) in [6.07, 6.45) is 3.02. The predicted molar refractivity (Wildman–Crippen MR) is 77.7 cm³/mol. The number of ether oxygens (including phenoxy) is 1. The molecule has 0 spiro atoms. The highest BCUT2D eigenvalue weighted by molar-refractivity contribution is 7.99. The Kier molecular flexibility index (Phi) is 4.09. The lowest BCUT2D eigenvalue weighted by molar-refractivity contribution is -0.126. The molecule has 1 atom stereocenters. The molecule has 102 valence electrons. The normalized spacial score (nSPS) is 23.6. The molecule has 3 rings (SSSR count). The van der Waals surface area contributed by atoms with Crippen LogP contribution in [-0.4, -0.2) is 31.4 Å². The van der Waals surface area contributed by atoms with E-state index in [9.17, 15) is 4.79 Å². The fourth-order valence-electron chi connectivity index (χ4n) is 2.71. The van der Waals surface area contributed by atoms with Crippen LogP contribution in [0.4, 0.5) is 5.69 Å². The number of amides is 1. The van der Waals surface area contributed by atoms with Crippen LogP contribution in [0, 0.1) is 5.92 Å². The second kappa shape index (κ2) is 5.97. The van der Waals surface area contributed by atoms with Crippen LogP contribution in [-0.2, 0) is 9.53 Å². The number of hydrogen-bond acceptors (Lipinski definition) is 3. The molecule has 1 aromatic carbocycles. The third-order valence-corrected chi connectivity index (χ3v) is 4.86. The van der Waals surface area contributed by atoms with Crippen LogP contribution in [0.25, 0.3) is 0 Å². The summed E-state index contributed by atoms with van der Waals surface area (Å²) in [7, 11) is 0. The summed E-state index contributed by atoms with van der Waals surface area (Å²) in [5, 5.41) is 0. The van der Waals surface area contributed by atoms with Gasteiger partial charge < -0.3 is 9.64 Å². The Bertz CT molecular complexity index is 457. The van der Waals surface area contributed by atoms with Crippen LogP contribution in [0.2, 0.25) is 0 Å². The van der Waals surface area contributed by atoms with Gasteiger partial charge in [0, 0.05) is 18.0 Å². The van der Waals surface area contributed by atoms with Crippen molar-refractivity contribution in [2.75, 3.05) is 30.4 Å². The van der Waals surface area contributed by atoms with E-state index in [0.717, 1.165) is 43.9 Å². The molecule has 2 heterocycles. The lowest BCUT2D eigenvalue weighted by atomic mass is 10.00. The first kappa shape index (κ1) is 13.0. The number of hydrogen-bond donors (Lipinski definition) is 0. The third-order valence-electron chi connectivity index (χ3n) is 3.72. The lowest BCUT2D eigenvalue weighted by Gasteiger charge is -2.29. The molecular weight excluding hydrogens is 258 g/mol. The fraction of sp³-hybridized carbons (Fsp3) is 0.533. The van der Waals surface area contributed by atoms with Crippen LogP contribution >= 0.6 is 11.8 Å². The van der Waals surface area contributed by atoms with E-state index in [0.29, 0.717) is 6.61 Å². The van der Waals surface area contributed by atoms with Crippen LogP contribution in [0.15, 0.2) is 29.2 Å². The van der Waals surface area contributed by atoms with Crippen LogP contribution in [0.3, 0.4) is 0 Å². The van der Waals surface area contributed by atoms with Gasteiger partial charge in [-0.3, -0.25) is 4.79 Å². The topological polar surface area (TPSA) is 29.5 Å². The molecule has 3 nitrogen and oxygen atoms in total. The van der Waals surface area contributed by atoms with E-state index >= 15 is 0 Å². The zero-order valence-corrected chi connectivity index (χ0v) is 11.8. The molecule has 0 bridgehead atoms. The van der Waals surface area contributed by atoms with Gasteiger partial charge in [-0.1, -0.05) is 12.1 Å². The van der Waals surface area contributed by atoms with Crippen molar-refractivity contribution in [2.45, 2.75) is 24.2 Å². The van der Waals surface area contributed by atoms with E-state index in [1.807, 2.05) is 28.8 Å². The highest BCUT2D eigenvalue weighted by Crippen LogP contribution is 2.34. The molecule has 0 N–H and O–H groups in total. The van der Waals surface area contributed by atoms with Gasteiger partial charge in [0.2, 0.25) is 5.91 Å². The first-order valence-electron chi connectivity index (χ1n) is 6.97. The highest BCUT2D eigenvalue weighted by atomic mass is 32.2. The molecular formula is C15H19NO2S. The fourth-order valence-corrected chi connectivity index (χ4v) is 3.71. The quantitative estimate of drug-likeness (QED) is 0.790. The minimum Gasteiger partial charge on any atom is -0.381 e. The lowest BCUT2D eigenvalue weighted by Crippen LogP contribution is -2.40. The van der Waals surface area contributed by atoms with Crippen molar-refractivity contribution >= 4 is 23.4 Å². The average Bonchev–Trinajstić information content (AvgIpc) is 2.70. The van der Waals surface area contributed by atoms with Gasteiger partial charge in [-0.2, -0.15) is 0 Å². The maximum Gasteiger partial charge on any atom is 0.232 e. The average molecular weight is 277 g/mol. The molecule has 2 aliphatic rings. The van der Waals surface area contributed by atoms with Crippen LogP contribution in [0.1, 0.15) is 19.3 Å². The summed E-state index contributed by atoms with van der Waals surface area (Å²) in [4.78, 5) is 15.9. The molecule has 1 fully saturated rings. The third kappa shape index (κ3) is 2.79. The Hall–Kier alpha value is -1.00. The summed E-state index contributed by atoms with van der Waals surface area (Å²) in [6, 6.07) is 8.24. The second-order valence-corrected chi connectivity index (χ2v) is 6.21. The molecule has 1 aromatic rings. The minimum atomic E-state index is 0.0462. The number of carbonyl (C=O) groups excluding carboxylic acids is 1. The van der Waals surface area contributed by atoms with Gasteiger partial charge in [0.1, 0.15) is 0 Å². The van der Waals surface area contributed by atoms with Crippen molar-refractivity contribution in [3.8, 4) is 0 Å². The predicted octanol–water partition coefficient (Wildman–Crippen LogP) is 2.94. The van der Waals surface area contributed by atoms with E-state index in [1.54, 1.807) is 0 Å². The molecule has 4 heteroatoms. The Morgan fingerprint density at radius 2 is 2.21 bits per heavy atom. The number of para-hydroxylation sites is 1. The van der Waals surface area contributed by atoms with E-state index in [2.05, 4.69) is 12.1 Å². The van der Waals surface area contributed by atoms with Crippen molar-refractivity contribution in [2.24, 2.45) is 5.92 Å². The zero-order valence-electron chi connectivity index (χ0n) is 11.0. The molecule has 1 amide bonds. The summed E-state index contributed by atoms with van der Waals surface area (Å²) >= 11 is 1.85. The van der Waals surface area contributed by atoms with E-state index in [1.165, 1.54) is 4.90 Å². The van der Waals surface area contributed by atoms with Gasteiger partial charge in [-0.15, -0.1) is 11.8 Å². The molecule has 1 unspecified atom stereocenters. The molecule has 0 saturated carbocycles. The Morgan fingerprint density at radius 1 is 1.32 bits per heavy atom. The van der Waals surface area contributed by atoms with E-state index < -0.39 is 0 Å². The van der Waals surface area contributed by atoms with Gasteiger partial charge in [-0.25, -0.2) is 0 Å². The Labute approximate surface area is 118 Å². The first-order chi connectivity index (χ1) is 9.36. The smallest absolute Gasteiger partial charge is 0.232 e. The van der Waals surface area contributed by atoms with Crippen molar-refractivity contribution in [1.29, 1.82) is 0 Å². The number of rotatable bonds is 1. The standard InChI is InChI=1S/C15H19NO2S/c17-15(12-5-3-9-18-11-12)16-8-4-10-19-14-7-2-1-6-13(14)16/h1-2,6-7,12H,3-5,8-11H2. The Morgan fingerprint density at radius 3 is 3.05 bits per heavy atom. The maximum absolute atomic E-state index is 12.7. The van der Waals surface area contributed by atoms with Crippen molar-refractivity contribution in [3.63, 3.8) is 0 Å². The highest BCUT2D eigenvalue weighted by Gasteiger charge is 2.29. The van der Waals surface area contributed by atoms with Gasteiger partial charge >= 0.3 is 0 Å². The van der Waals surface area contributed by atoms with Gasteiger partial charge in [0.15, 0.2) is 0 Å². The number of carbonyl (C=O) groups is 1. The van der Waals surface area contributed by atoms with E-state index in [-0.39, 0.29) is 11.8 Å². The Balaban J connectivity index is 1.84. The van der Waals surface area contributed by atoms with Gasteiger partial charge in [-0.05, 0) is 37.1 Å². The number of fused-ring (bicyclic) bond motifs is 1. The van der Waals surface area contributed by atoms with Crippen molar-refractivity contribution in [1.82, 2.24) is 0 Å². The van der Waals surface area contributed by atoms with Gasteiger partial charge in [0.25, 0.3) is 0 Å². The van der Waals surface area contributed by atoms with Gasteiger partial charge in [0.05, 0.1) is 18.2 Å². The molecule has 2 aliphatic heterocycles. The zero-order chi connectivity index (χ0) is 13.1. The SMILES string of the molecule is O=C(C1CCCOC1)N1CCCSc2ccccc21. The van der Waals surface area contributed by atoms with E-state index in [4.69, 9.17) is 4.74 Å². The maximum atomic E-state index is 12.7. The number of benzene rings is 1. The summed E-state index contributed by atoms with van der Waals surface area (Å²) < 4.78 is 5.46. The van der Waals surface area contributed by atoms with Crippen molar-refractivity contribution < 1.29 is 9.53 Å². The minimum absolute atomic E-state index is 0.0462. The monoisotopic (exact) mass is 277 g/mol. The molecule has 19 heavy (non-hydrogen) atoms. The van der Waals surface area contributed by atoms with Crippen LogP contribution in [0.5, 0.6) is 0 Å². The molecule has 0 aliphatic carbocycles. The van der Waals surface area contributed by atoms with Crippen molar-refractivity contribution in [3.05, 3.63) is 24.3 Å². The summed E-state index contributed by atoms with van der Waals surface area (Å²) in [5.41, 5.74) is 1.08. The number of nitrogens with zero attached hydrogens (tertiary/aromatic N) is 1. The summed E-state index contributed by atoms with van der Waals surface area (Å²) in [6.45, 7) is 2.22.